The second-order valence-electron chi connectivity index (χ2n) is 5.69. The number of hydrogen-bond acceptors (Lipinski definition) is 0. The van der Waals surface area contributed by atoms with E-state index in [1.54, 1.807) is 0 Å². The molecule has 0 heteroatoms. The molecule has 1 rings (SSSR count). The summed E-state index contributed by atoms with van der Waals surface area (Å²) in [6.45, 7) is 9.68. The van der Waals surface area contributed by atoms with Crippen molar-refractivity contribution in [2.24, 2.45) is 23.7 Å². The Morgan fingerprint density at radius 2 is 1.50 bits per heavy atom. The molecule has 0 amide bonds. The highest BCUT2D eigenvalue weighted by atomic mass is 14.4. The molecule has 0 aromatic carbocycles. The largest absolute Gasteiger partial charge is 0.0654 e. The van der Waals surface area contributed by atoms with Crippen LogP contribution in [0.1, 0.15) is 66.2 Å². The SMILES string of the molecule is CCCCCC1C(C)CC(C)CC1C. The van der Waals surface area contributed by atoms with Gasteiger partial charge in [0.05, 0.1) is 0 Å². The van der Waals surface area contributed by atoms with E-state index in [1.165, 1.54) is 38.5 Å². The molecular formula is C14H28. The third-order valence-electron chi connectivity index (χ3n) is 4.15. The second kappa shape index (κ2) is 5.78. The highest BCUT2D eigenvalue weighted by molar-refractivity contribution is 4.80. The third-order valence-corrected chi connectivity index (χ3v) is 4.15. The van der Waals surface area contributed by atoms with Crippen LogP contribution in [0.4, 0.5) is 0 Å². The average molecular weight is 196 g/mol. The smallest absolute Gasteiger partial charge is 0.0362 e. The zero-order chi connectivity index (χ0) is 10.6. The van der Waals surface area contributed by atoms with Crippen LogP contribution in [0.5, 0.6) is 0 Å². The lowest BCUT2D eigenvalue weighted by Gasteiger charge is -2.38. The van der Waals surface area contributed by atoms with E-state index in [0.717, 1.165) is 23.7 Å². The normalized spacial score (nSPS) is 38.6. The first-order valence-corrected chi connectivity index (χ1v) is 6.65. The minimum absolute atomic E-state index is 0.974. The lowest BCUT2D eigenvalue weighted by atomic mass is 9.68. The van der Waals surface area contributed by atoms with E-state index in [2.05, 4.69) is 27.7 Å². The number of hydrogen-bond donors (Lipinski definition) is 0. The Kier molecular flexibility index (Phi) is 4.98. The molecule has 0 aliphatic heterocycles. The summed E-state index contributed by atoms with van der Waals surface area (Å²) in [5.74, 6) is 3.95. The molecule has 0 heterocycles. The highest BCUT2D eigenvalue weighted by Crippen LogP contribution is 2.40. The van der Waals surface area contributed by atoms with Gasteiger partial charge in [-0.25, -0.2) is 0 Å². The van der Waals surface area contributed by atoms with Gasteiger partial charge in [-0.15, -0.1) is 0 Å². The molecule has 0 N–H and O–H groups in total. The maximum atomic E-state index is 2.47. The minimum atomic E-state index is 0.974. The van der Waals surface area contributed by atoms with Gasteiger partial charge in [0.15, 0.2) is 0 Å². The van der Waals surface area contributed by atoms with Crippen molar-refractivity contribution in [1.29, 1.82) is 0 Å². The van der Waals surface area contributed by atoms with Crippen molar-refractivity contribution in [3.05, 3.63) is 0 Å². The van der Waals surface area contributed by atoms with Crippen LogP contribution >= 0.6 is 0 Å². The maximum Gasteiger partial charge on any atom is -0.0362 e. The first kappa shape index (κ1) is 12.1. The fourth-order valence-electron chi connectivity index (χ4n) is 3.48. The Balaban J connectivity index is 2.34. The van der Waals surface area contributed by atoms with E-state index in [4.69, 9.17) is 0 Å². The molecule has 0 bridgehead atoms. The van der Waals surface area contributed by atoms with Crippen molar-refractivity contribution in [3.8, 4) is 0 Å². The van der Waals surface area contributed by atoms with Gasteiger partial charge in [-0.1, -0.05) is 47.0 Å². The van der Waals surface area contributed by atoms with Crippen molar-refractivity contribution in [2.75, 3.05) is 0 Å². The predicted molar refractivity (Wildman–Crippen MR) is 64.4 cm³/mol. The van der Waals surface area contributed by atoms with Crippen LogP contribution in [0.25, 0.3) is 0 Å². The summed E-state index contributed by atoms with van der Waals surface area (Å²) in [6, 6.07) is 0. The molecule has 1 saturated carbocycles. The molecule has 14 heavy (non-hydrogen) atoms. The average Bonchev–Trinajstić information content (AvgIpc) is 2.09. The Morgan fingerprint density at radius 1 is 0.929 bits per heavy atom. The molecule has 1 aliphatic carbocycles. The van der Waals surface area contributed by atoms with Crippen molar-refractivity contribution in [2.45, 2.75) is 66.2 Å². The second-order valence-corrected chi connectivity index (χ2v) is 5.69. The third kappa shape index (κ3) is 3.29. The van der Waals surface area contributed by atoms with Crippen LogP contribution < -0.4 is 0 Å². The fourth-order valence-corrected chi connectivity index (χ4v) is 3.48. The zero-order valence-electron chi connectivity index (χ0n) is 10.6. The van der Waals surface area contributed by atoms with Crippen molar-refractivity contribution in [1.82, 2.24) is 0 Å². The van der Waals surface area contributed by atoms with E-state index in [9.17, 15) is 0 Å². The van der Waals surface area contributed by atoms with Crippen LogP contribution in [0.15, 0.2) is 0 Å². The number of unbranched alkanes of at least 4 members (excludes halogenated alkanes) is 2. The molecule has 0 aromatic heterocycles. The van der Waals surface area contributed by atoms with Crippen LogP contribution in [0, 0.1) is 23.7 Å². The quantitative estimate of drug-likeness (QED) is 0.562. The summed E-state index contributed by atoms with van der Waals surface area (Å²) in [6.07, 6.45) is 8.70. The molecular weight excluding hydrogens is 168 g/mol. The summed E-state index contributed by atoms with van der Waals surface area (Å²) in [4.78, 5) is 0. The van der Waals surface area contributed by atoms with Gasteiger partial charge in [0, 0.05) is 0 Å². The molecule has 0 saturated heterocycles. The maximum absolute atomic E-state index is 2.47. The Hall–Kier alpha value is 0. The summed E-state index contributed by atoms with van der Waals surface area (Å²) in [5.41, 5.74) is 0. The summed E-state index contributed by atoms with van der Waals surface area (Å²) in [5, 5.41) is 0. The van der Waals surface area contributed by atoms with Crippen molar-refractivity contribution < 1.29 is 0 Å². The molecule has 84 valence electrons. The van der Waals surface area contributed by atoms with Gasteiger partial charge >= 0.3 is 0 Å². The summed E-state index contributed by atoms with van der Waals surface area (Å²) < 4.78 is 0. The van der Waals surface area contributed by atoms with Crippen LogP contribution in [0.2, 0.25) is 0 Å². The van der Waals surface area contributed by atoms with Gasteiger partial charge in [0.25, 0.3) is 0 Å². The lowest BCUT2D eigenvalue weighted by Crippen LogP contribution is -2.28. The molecule has 2 atom stereocenters. The van der Waals surface area contributed by atoms with Crippen LogP contribution in [0.3, 0.4) is 0 Å². The first-order valence-electron chi connectivity index (χ1n) is 6.65. The summed E-state index contributed by atoms with van der Waals surface area (Å²) in [7, 11) is 0. The van der Waals surface area contributed by atoms with E-state index in [-0.39, 0.29) is 0 Å². The minimum Gasteiger partial charge on any atom is -0.0654 e. The number of rotatable bonds is 4. The standard InChI is InChI=1S/C14H28/c1-5-6-7-8-14-12(3)9-11(2)10-13(14)4/h11-14H,5-10H2,1-4H3. The molecule has 0 spiro atoms. The lowest BCUT2D eigenvalue weighted by molar-refractivity contribution is 0.125. The Bertz CT molecular complexity index is 138. The van der Waals surface area contributed by atoms with Gasteiger partial charge in [-0.05, 0) is 42.9 Å². The van der Waals surface area contributed by atoms with Crippen LogP contribution in [-0.2, 0) is 0 Å². The van der Waals surface area contributed by atoms with Crippen molar-refractivity contribution >= 4 is 0 Å². The predicted octanol–water partition coefficient (Wildman–Crippen LogP) is 4.89. The Labute approximate surface area is 90.5 Å². The topological polar surface area (TPSA) is 0 Å². The zero-order valence-corrected chi connectivity index (χ0v) is 10.6. The molecule has 1 fully saturated rings. The van der Waals surface area contributed by atoms with E-state index >= 15 is 0 Å². The van der Waals surface area contributed by atoms with Gasteiger partial charge in [0.1, 0.15) is 0 Å². The molecule has 0 aromatic rings. The molecule has 1 aliphatic rings. The molecule has 0 radical (unpaired) electrons. The molecule has 0 nitrogen and oxygen atoms in total. The van der Waals surface area contributed by atoms with Gasteiger partial charge in [-0.3, -0.25) is 0 Å². The van der Waals surface area contributed by atoms with Gasteiger partial charge < -0.3 is 0 Å². The summed E-state index contributed by atoms with van der Waals surface area (Å²) >= 11 is 0. The first-order chi connectivity index (χ1) is 6.65. The van der Waals surface area contributed by atoms with Gasteiger partial charge in [0.2, 0.25) is 0 Å². The highest BCUT2D eigenvalue weighted by Gasteiger charge is 2.30. The van der Waals surface area contributed by atoms with E-state index in [0.29, 0.717) is 0 Å². The van der Waals surface area contributed by atoms with E-state index in [1.807, 2.05) is 0 Å². The monoisotopic (exact) mass is 196 g/mol. The molecule has 2 unspecified atom stereocenters. The van der Waals surface area contributed by atoms with Crippen LogP contribution in [-0.4, -0.2) is 0 Å². The van der Waals surface area contributed by atoms with Gasteiger partial charge in [-0.2, -0.15) is 0 Å². The van der Waals surface area contributed by atoms with E-state index < -0.39 is 0 Å². The van der Waals surface area contributed by atoms with Crippen molar-refractivity contribution in [3.63, 3.8) is 0 Å². The Morgan fingerprint density at radius 3 is 2.00 bits per heavy atom. The fraction of sp³-hybridized carbons (Fsp3) is 1.00.